The van der Waals surface area contributed by atoms with E-state index in [-0.39, 0.29) is 29.2 Å². The lowest BCUT2D eigenvalue weighted by molar-refractivity contribution is 0.0485. The molecule has 1 amide bonds. The number of carbonyl (C=O) groups is 1. The summed E-state index contributed by atoms with van der Waals surface area (Å²) in [6.07, 6.45) is 5.84. The minimum atomic E-state index is -0.105. The number of likely N-dealkylation sites (tertiary alicyclic amines) is 1. The molecule has 0 saturated carbocycles. The largest absolute Gasteiger partial charge is 0.438 e. The van der Waals surface area contributed by atoms with Gasteiger partial charge in [-0.15, -0.1) is 0 Å². The Hall–Kier alpha value is -2.37. The molecule has 2 aromatic rings. The predicted molar refractivity (Wildman–Crippen MR) is 97.1 cm³/mol. The number of hydrogen-bond acceptors (Lipinski definition) is 4. The second kappa shape index (κ2) is 6.74. The molecule has 6 nitrogen and oxygen atoms in total. The van der Waals surface area contributed by atoms with Crippen molar-refractivity contribution in [3.8, 4) is 0 Å². The van der Waals surface area contributed by atoms with Crippen LogP contribution < -0.4 is 5.56 Å². The molecule has 1 fully saturated rings. The number of carbonyl (C=O) groups excluding carboxylic acids is 1. The summed E-state index contributed by atoms with van der Waals surface area (Å²) in [5.74, 6) is 1.27. The summed E-state index contributed by atoms with van der Waals surface area (Å²) in [5.41, 5.74) is 1.15. The Morgan fingerprint density at radius 3 is 2.92 bits per heavy atom. The van der Waals surface area contributed by atoms with Gasteiger partial charge in [0.25, 0.3) is 11.5 Å². The van der Waals surface area contributed by atoms with E-state index < -0.39 is 0 Å². The molecular formula is C20H25N3O3. The fourth-order valence-corrected chi connectivity index (χ4v) is 4.56. The normalized spacial score (nSPS) is 24.6. The average molecular weight is 355 g/mol. The zero-order valence-electron chi connectivity index (χ0n) is 15.3. The molecule has 138 valence electrons. The van der Waals surface area contributed by atoms with E-state index in [4.69, 9.17) is 4.42 Å². The van der Waals surface area contributed by atoms with Gasteiger partial charge in [0.1, 0.15) is 0 Å². The highest BCUT2D eigenvalue weighted by molar-refractivity contribution is 5.91. The van der Waals surface area contributed by atoms with Crippen molar-refractivity contribution in [2.24, 2.45) is 11.8 Å². The molecule has 0 aliphatic carbocycles. The van der Waals surface area contributed by atoms with Crippen molar-refractivity contribution < 1.29 is 9.21 Å². The van der Waals surface area contributed by atoms with Gasteiger partial charge in [-0.2, -0.15) is 0 Å². The summed E-state index contributed by atoms with van der Waals surface area (Å²) >= 11 is 0. The quantitative estimate of drug-likeness (QED) is 0.845. The van der Waals surface area contributed by atoms with Crippen molar-refractivity contribution in [2.75, 3.05) is 13.1 Å². The first-order valence-corrected chi connectivity index (χ1v) is 9.43. The molecule has 6 heteroatoms. The number of nitrogens with zero attached hydrogens (tertiary/aromatic N) is 3. The standard InChI is InChI=1S/C20H25N3O3/c1-13(2)6-7-17-15-8-14(16-4-3-5-19(24)23(16)17)10-22(11-15)20(25)18-9-21-12-26-18/h3-5,9,12-15,17H,6-8,10-11H2,1-2H3/t14-,15+,17+/m1/s1. The highest BCUT2D eigenvalue weighted by atomic mass is 16.3. The monoisotopic (exact) mass is 355 g/mol. The third kappa shape index (κ3) is 2.97. The molecule has 4 heterocycles. The Balaban J connectivity index is 1.67. The molecule has 3 atom stereocenters. The molecule has 0 radical (unpaired) electrons. The SMILES string of the molecule is CC(C)CC[C@H]1[C@H]2C[C@H](CN(C(=O)c3cnco3)C2)c2cccc(=O)n21. The van der Waals surface area contributed by atoms with Crippen LogP contribution in [0.2, 0.25) is 0 Å². The molecule has 0 spiro atoms. The topological polar surface area (TPSA) is 68.3 Å². The van der Waals surface area contributed by atoms with Gasteiger partial charge in [0.2, 0.25) is 5.76 Å². The van der Waals surface area contributed by atoms with E-state index in [9.17, 15) is 9.59 Å². The van der Waals surface area contributed by atoms with Crippen molar-refractivity contribution in [3.05, 3.63) is 52.6 Å². The zero-order valence-corrected chi connectivity index (χ0v) is 15.3. The first-order chi connectivity index (χ1) is 12.5. The molecule has 26 heavy (non-hydrogen) atoms. The third-order valence-corrected chi connectivity index (χ3v) is 5.77. The van der Waals surface area contributed by atoms with Gasteiger partial charge in [0.05, 0.1) is 6.20 Å². The summed E-state index contributed by atoms with van der Waals surface area (Å²) in [7, 11) is 0. The maximum absolute atomic E-state index is 12.8. The number of amides is 1. The molecule has 0 aromatic carbocycles. The van der Waals surface area contributed by atoms with Crippen molar-refractivity contribution in [1.82, 2.24) is 14.5 Å². The van der Waals surface area contributed by atoms with E-state index >= 15 is 0 Å². The summed E-state index contributed by atoms with van der Waals surface area (Å²) in [6, 6.07) is 5.70. The van der Waals surface area contributed by atoms with Gasteiger partial charge in [0.15, 0.2) is 6.39 Å². The minimum Gasteiger partial charge on any atom is -0.438 e. The molecule has 2 aliphatic rings. The predicted octanol–water partition coefficient (Wildman–Crippen LogP) is 3.07. The van der Waals surface area contributed by atoms with Crippen molar-refractivity contribution >= 4 is 5.91 Å². The Morgan fingerprint density at radius 1 is 1.35 bits per heavy atom. The molecule has 1 saturated heterocycles. The zero-order chi connectivity index (χ0) is 18.3. The summed E-state index contributed by atoms with van der Waals surface area (Å²) < 4.78 is 7.22. The molecule has 4 rings (SSSR count). The van der Waals surface area contributed by atoms with E-state index in [1.54, 1.807) is 6.07 Å². The van der Waals surface area contributed by atoms with Crippen LogP contribution in [-0.4, -0.2) is 33.4 Å². The summed E-state index contributed by atoms with van der Waals surface area (Å²) in [4.78, 5) is 31.1. The van der Waals surface area contributed by atoms with Crippen LogP contribution in [0.15, 0.2) is 40.0 Å². The maximum Gasteiger partial charge on any atom is 0.291 e. The lowest BCUT2D eigenvalue weighted by Gasteiger charge is -2.47. The highest BCUT2D eigenvalue weighted by Gasteiger charge is 2.42. The van der Waals surface area contributed by atoms with E-state index in [2.05, 4.69) is 18.8 Å². The Kier molecular flexibility index (Phi) is 4.42. The second-order valence-electron chi connectivity index (χ2n) is 7.97. The highest BCUT2D eigenvalue weighted by Crippen LogP contribution is 2.43. The van der Waals surface area contributed by atoms with Gasteiger partial charge < -0.3 is 13.9 Å². The Labute approximate surface area is 152 Å². The number of fused-ring (bicyclic) bond motifs is 4. The van der Waals surface area contributed by atoms with Crippen LogP contribution in [0.5, 0.6) is 0 Å². The fraction of sp³-hybridized carbons (Fsp3) is 0.550. The van der Waals surface area contributed by atoms with Gasteiger partial charge in [-0.25, -0.2) is 4.98 Å². The Bertz CT molecular complexity index is 840. The van der Waals surface area contributed by atoms with Crippen LogP contribution in [0.1, 0.15) is 61.3 Å². The van der Waals surface area contributed by atoms with Crippen molar-refractivity contribution in [2.45, 2.75) is 45.1 Å². The lowest BCUT2D eigenvalue weighted by atomic mass is 9.76. The first-order valence-electron chi connectivity index (χ1n) is 9.43. The molecule has 0 N–H and O–H groups in total. The van der Waals surface area contributed by atoms with Gasteiger partial charge in [-0.05, 0) is 37.2 Å². The van der Waals surface area contributed by atoms with Crippen molar-refractivity contribution in [1.29, 1.82) is 0 Å². The van der Waals surface area contributed by atoms with E-state index in [0.717, 1.165) is 25.0 Å². The van der Waals surface area contributed by atoms with E-state index in [0.29, 0.717) is 24.9 Å². The molecule has 2 aromatic heterocycles. The Morgan fingerprint density at radius 2 is 2.19 bits per heavy atom. The van der Waals surface area contributed by atoms with E-state index in [1.165, 1.54) is 12.6 Å². The number of pyridine rings is 1. The number of aromatic nitrogens is 2. The van der Waals surface area contributed by atoms with Gasteiger partial charge in [-0.3, -0.25) is 9.59 Å². The number of piperidine rings is 1. The van der Waals surface area contributed by atoms with Crippen LogP contribution in [0.4, 0.5) is 0 Å². The number of hydrogen-bond donors (Lipinski definition) is 0. The first kappa shape index (κ1) is 17.1. The molecule has 2 bridgehead atoms. The van der Waals surface area contributed by atoms with Crippen LogP contribution in [0.25, 0.3) is 0 Å². The summed E-state index contributed by atoms with van der Waals surface area (Å²) in [6.45, 7) is 5.71. The maximum atomic E-state index is 12.8. The van der Waals surface area contributed by atoms with Gasteiger partial charge in [0, 0.05) is 36.8 Å². The number of rotatable bonds is 4. The average Bonchev–Trinajstić information content (AvgIpc) is 3.16. The fourth-order valence-electron chi connectivity index (χ4n) is 4.56. The molecule has 2 aliphatic heterocycles. The van der Waals surface area contributed by atoms with Crippen LogP contribution >= 0.6 is 0 Å². The van der Waals surface area contributed by atoms with Gasteiger partial charge >= 0.3 is 0 Å². The molecular weight excluding hydrogens is 330 g/mol. The minimum absolute atomic E-state index is 0.0842. The smallest absolute Gasteiger partial charge is 0.291 e. The second-order valence-corrected chi connectivity index (χ2v) is 7.97. The lowest BCUT2D eigenvalue weighted by Crippen LogP contribution is -2.51. The molecule has 0 unspecified atom stereocenters. The summed E-state index contributed by atoms with van der Waals surface area (Å²) in [5, 5.41) is 0. The van der Waals surface area contributed by atoms with Crippen LogP contribution in [-0.2, 0) is 0 Å². The third-order valence-electron chi connectivity index (χ3n) is 5.77. The van der Waals surface area contributed by atoms with Crippen LogP contribution in [0.3, 0.4) is 0 Å². The van der Waals surface area contributed by atoms with Crippen LogP contribution in [0, 0.1) is 11.8 Å². The van der Waals surface area contributed by atoms with Gasteiger partial charge in [-0.1, -0.05) is 19.9 Å². The number of oxazole rings is 1. The van der Waals surface area contributed by atoms with E-state index in [1.807, 2.05) is 21.6 Å². The van der Waals surface area contributed by atoms with Crippen molar-refractivity contribution in [3.63, 3.8) is 0 Å².